The number of carbonyl (C=O) groups is 1. The Morgan fingerprint density at radius 1 is 1.27 bits per heavy atom. The van der Waals surface area contributed by atoms with Gasteiger partial charge < -0.3 is 14.6 Å². The molecule has 0 radical (unpaired) electrons. The summed E-state index contributed by atoms with van der Waals surface area (Å²) in [6.45, 7) is 7.31. The predicted molar refractivity (Wildman–Crippen MR) is 102 cm³/mol. The number of carbonyl (C=O) groups excluding carboxylic acids is 1. The number of nitrogens with one attached hydrogen (secondary N) is 2. The zero-order valence-corrected chi connectivity index (χ0v) is 15.8. The Balaban J connectivity index is 1.34. The highest BCUT2D eigenvalue weighted by molar-refractivity contribution is 7.99. The number of nitrogens with zero attached hydrogens (tertiary/aromatic N) is 3. The van der Waals surface area contributed by atoms with Gasteiger partial charge in [-0.05, 0) is 18.7 Å². The first-order valence-electron chi connectivity index (χ1n) is 9.21. The molecule has 2 aromatic rings. The largest absolute Gasteiger partial charge is 0.431 e. The number of amides is 1. The lowest BCUT2D eigenvalue weighted by Crippen LogP contribution is -2.67. The average molecular weight is 375 g/mol. The van der Waals surface area contributed by atoms with Gasteiger partial charge in [0.05, 0.1) is 0 Å². The lowest BCUT2D eigenvalue weighted by atomic mass is 10.2. The molecule has 1 aromatic heterocycles. The van der Waals surface area contributed by atoms with E-state index in [-0.39, 0.29) is 18.2 Å². The van der Waals surface area contributed by atoms with Gasteiger partial charge in [-0.1, -0.05) is 30.8 Å². The van der Waals surface area contributed by atoms with Crippen LogP contribution in [0, 0.1) is 0 Å². The van der Waals surface area contributed by atoms with Crippen molar-refractivity contribution in [1.82, 2.24) is 25.4 Å². The highest BCUT2D eigenvalue weighted by atomic mass is 32.2. The van der Waals surface area contributed by atoms with Crippen LogP contribution in [0.3, 0.4) is 0 Å². The van der Waals surface area contributed by atoms with Gasteiger partial charge in [0.15, 0.2) is 5.58 Å². The normalized spacial score (nSPS) is 25.5. The fourth-order valence-electron chi connectivity index (χ4n) is 3.49. The first kappa shape index (κ1) is 17.8. The fourth-order valence-corrected chi connectivity index (χ4v) is 4.35. The zero-order valence-electron chi connectivity index (χ0n) is 15.0. The van der Waals surface area contributed by atoms with E-state index in [2.05, 4.69) is 32.3 Å². The van der Waals surface area contributed by atoms with Crippen molar-refractivity contribution in [3.05, 3.63) is 24.3 Å². The fraction of sp³-hybridized carbons (Fsp3) is 0.556. The molecule has 0 bridgehead atoms. The van der Waals surface area contributed by atoms with E-state index in [4.69, 9.17) is 4.42 Å². The van der Waals surface area contributed by atoms with Gasteiger partial charge in [-0.2, -0.15) is 0 Å². The van der Waals surface area contributed by atoms with Gasteiger partial charge in [0, 0.05) is 44.4 Å². The van der Waals surface area contributed by atoms with Crippen molar-refractivity contribution in [3.63, 3.8) is 0 Å². The van der Waals surface area contributed by atoms with Crippen LogP contribution in [-0.4, -0.2) is 71.5 Å². The molecule has 7 nitrogen and oxygen atoms in total. The first-order chi connectivity index (χ1) is 12.7. The highest BCUT2D eigenvalue weighted by Crippen LogP contribution is 2.24. The molecule has 140 valence electrons. The van der Waals surface area contributed by atoms with Gasteiger partial charge >= 0.3 is 0 Å². The third-order valence-electron chi connectivity index (χ3n) is 5.02. The van der Waals surface area contributed by atoms with Crippen LogP contribution in [0.4, 0.5) is 0 Å². The lowest BCUT2D eigenvalue weighted by Gasteiger charge is -2.42. The second kappa shape index (κ2) is 7.96. The summed E-state index contributed by atoms with van der Waals surface area (Å²) in [7, 11) is 0. The topological polar surface area (TPSA) is 73.6 Å². The van der Waals surface area contributed by atoms with Crippen molar-refractivity contribution in [3.8, 4) is 0 Å². The number of likely N-dealkylation sites (N-methyl/N-ethyl adjacent to an activating group) is 1. The Morgan fingerprint density at radius 2 is 2.08 bits per heavy atom. The molecule has 2 atom stereocenters. The van der Waals surface area contributed by atoms with Crippen molar-refractivity contribution < 1.29 is 9.21 Å². The summed E-state index contributed by atoms with van der Waals surface area (Å²) < 4.78 is 5.76. The predicted octanol–water partition coefficient (Wildman–Crippen LogP) is 1.32. The van der Waals surface area contributed by atoms with Crippen LogP contribution in [0.15, 0.2) is 33.9 Å². The molecule has 26 heavy (non-hydrogen) atoms. The van der Waals surface area contributed by atoms with Gasteiger partial charge in [0.1, 0.15) is 11.8 Å². The molecular weight excluding hydrogens is 350 g/mol. The molecule has 3 heterocycles. The van der Waals surface area contributed by atoms with Crippen LogP contribution in [-0.2, 0) is 4.79 Å². The monoisotopic (exact) mass is 375 g/mol. The number of piperazine rings is 1. The molecule has 0 spiro atoms. The molecule has 0 saturated carbocycles. The van der Waals surface area contributed by atoms with E-state index in [1.165, 1.54) is 0 Å². The molecule has 2 saturated heterocycles. The van der Waals surface area contributed by atoms with E-state index < -0.39 is 0 Å². The maximum atomic E-state index is 12.2. The molecule has 2 fully saturated rings. The number of para-hydroxylation sites is 2. The lowest BCUT2D eigenvalue weighted by molar-refractivity contribution is -0.127. The molecule has 2 aliphatic heterocycles. The van der Waals surface area contributed by atoms with Crippen LogP contribution >= 0.6 is 11.8 Å². The second-order valence-electron chi connectivity index (χ2n) is 6.77. The molecule has 8 heteroatoms. The average Bonchev–Trinajstić information content (AvgIpc) is 3.09. The molecular formula is C18H25N5O2S. The molecule has 2 unspecified atom stereocenters. The van der Waals surface area contributed by atoms with Gasteiger partial charge in [0.2, 0.25) is 5.91 Å². The minimum atomic E-state index is -0.0792. The van der Waals surface area contributed by atoms with E-state index in [1.54, 1.807) is 11.8 Å². The number of benzene rings is 1. The maximum Gasteiger partial charge on any atom is 0.256 e. The van der Waals surface area contributed by atoms with Gasteiger partial charge in [-0.25, -0.2) is 4.98 Å². The van der Waals surface area contributed by atoms with E-state index in [0.29, 0.717) is 11.6 Å². The van der Waals surface area contributed by atoms with E-state index in [1.807, 2.05) is 24.3 Å². The van der Waals surface area contributed by atoms with Crippen LogP contribution in [0.1, 0.15) is 13.3 Å². The van der Waals surface area contributed by atoms with Gasteiger partial charge in [-0.15, -0.1) is 0 Å². The summed E-state index contributed by atoms with van der Waals surface area (Å²) in [5.74, 6) is 0.862. The number of aromatic nitrogens is 1. The van der Waals surface area contributed by atoms with E-state index >= 15 is 0 Å². The van der Waals surface area contributed by atoms with E-state index in [9.17, 15) is 4.79 Å². The SMILES string of the molecule is CCN1CCN(C2NC(=O)CC(CSc3nc4ccccc4o3)N2)CC1. The van der Waals surface area contributed by atoms with Crippen molar-refractivity contribution in [1.29, 1.82) is 0 Å². The minimum absolute atomic E-state index is 0.0792. The number of oxazole rings is 1. The number of thioether (sulfide) groups is 1. The molecule has 2 N–H and O–H groups in total. The third kappa shape index (κ3) is 4.03. The summed E-state index contributed by atoms with van der Waals surface area (Å²) in [6, 6.07) is 7.87. The van der Waals surface area contributed by atoms with Crippen molar-refractivity contribution in [2.24, 2.45) is 0 Å². The summed E-state index contributed by atoms with van der Waals surface area (Å²) in [6.07, 6.45) is 0.406. The van der Waals surface area contributed by atoms with Crippen molar-refractivity contribution in [2.75, 3.05) is 38.5 Å². The zero-order chi connectivity index (χ0) is 17.9. The summed E-state index contributed by atoms with van der Waals surface area (Å²) in [5.41, 5.74) is 1.67. The summed E-state index contributed by atoms with van der Waals surface area (Å²) in [4.78, 5) is 21.4. The Kier molecular flexibility index (Phi) is 5.44. The minimum Gasteiger partial charge on any atom is -0.431 e. The van der Waals surface area contributed by atoms with Gasteiger partial charge in [0.25, 0.3) is 5.22 Å². The quantitative estimate of drug-likeness (QED) is 0.764. The van der Waals surface area contributed by atoms with Crippen LogP contribution in [0.25, 0.3) is 11.1 Å². The Bertz CT molecular complexity index is 726. The maximum absolute atomic E-state index is 12.2. The van der Waals surface area contributed by atoms with Gasteiger partial charge in [-0.3, -0.25) is 15.0 Å². The number of hydrogen-bond acceptors (Lipinski definition) is 7. The van der Waals surface area contributed by atoms with Crippen molar-refractivity contribution in [2.45, 2.75) is 30.9 Å². The Labute approximate surface area is 157 Å². The van der Waals surface area contributed by atoms with Crippen LogP contribution in [0.5, 0.6) is 0 Å². The van der Waals surface area contributed by atoms with E-state index in [0.717, 1.165) is 49.6 Å². The molecule has 2 aliphatic rings. The molecule has 1 aromatic carbocycles. The highest BCUT2D eigenvalue weighted by Gasteiger charge is 2.31. The molecule has 1 amide bonds. The standard InChI is InChI=1S/C18H25N5O2S/c1-2-22-7-9-23(10-8-22)17-19-13(11-16(24)21-17)12-26-18-20-14-5-3-4-6-15(14)25-18/h3-6,13,17,19H,2,7-12H2,1H3,(H,21,24). The smallest absolute Gasteiger partial charge is 0.256 e. The number of fused-ring (bicyclic) bond motifs is 1. The number of hydrogen-bond donors (Lipinski definition) is 2. The summed E-state index contributed by atoms with van der Waals surface area (Å²) >= 11 is 1.56. The third-order valence-corrected chi connectivity index (χ3v) is 6.02. The van der Waals surface area contributed by atoms with Crippen LogP contribution in [0.2, 0.25) is 0 Å². The van der Waals surface area contributed by atoms with Crippen LogP contribution < -0.4 is 10.6 Å². The van der Waals surface area contributed by atoms with Crippen molar-refractivity contribution >= 4 is 28.8 Å². The molecule has 4 rings (SSSR count). The molecule has 0 aliphatic carbocycles. The summed E-state index contributed by atoms with van der Waals surface area (Å²) in [5, 5.41) is 7.31. The Morgan fingerprint density at radius 3 is 2.85 bits per heavy atom. The number of rotatable bonds is 5. The second-order valence-corrected chi connectivity index (χ2v) is 7.74. The Hall–Kier alpha value is -1.61. The first-order valence-corrected chi connectivity index (χ1v) is 10.2.